The molecule has 0 saturated carbocycles. The topological polar surface area (TPSA) is 23.6 Å². The summed E-state index contributed by atoms with van der Waals surface area (Å²) in [6.45, 7) is 7.36. The number of nitrogens with zero attached hydrogens (tertiary/aromatic N) is 2. The molecule has 3 aromatic rings. The van der Waals surface area contributed by atoms with E-state index in [0.29, 0.717) is 6.42 Å². The Hall–Kier alpha value is -2.69. The number of benzene rings is 3. The van der Waals surface area contributed by atoms with Gasteiger partial charge in [-0.2, -0.15) is 0 Å². The number of halogens is 1. The van der Waals surface area contributed by atoms with Gasteiger partial charge in [0.1, 0.15) is 6.17 Å². The molecule has 0 radical (unpaired) electrons. The summed E-state index contributed by atoms with van der Waals surface area (Å²) in [5.41, 5.74) is 8.33. The molecule has 2 bridgehead atoms. The lowest BCUT2D eigenvalue weighted by atomic mass is 9.69. The maximum absolute atomic E-state index is 13.9. The quantitative estimate of drug-likeness (QED) is 0.330. The minimum Gasteiger partial charge on any atom is -0.327 e. The molecule has 3 aromatic carbocycles. The third kappa shape index (κ3) is 3.78. The van der Waals surface area contributed by atoms with Crippen molar-refractivity contribution in [1.82, 2.24) is 4.90 Å². The van der Waals surface area contributed by atoms with Crippen molar-refractivity contribution in [3.63, 3.8) is 0 Å². The van der Waals surface area contributed by atoms with E-state index in [1.165, 1.54) is 28.0 Å². The number of carbonyl (C=O) groups is 1. The first-order chi connectivity index (χ1) is 16.8. The number of hydrogen-bond donors (Lipinski definition) is 0. The van der Waals surface area contributed by atoms with Crippen LogP contribution in [-0.2, 0) is 11.3 Å². The van der Waals surface area contributed by atoms with Crippen LogP contribution in [0.5, 0.6) is 0 Å². The van der Waals surface area contributed by atoms with Crippen molar-refractivity contribution >= 4 is 27.4 Å². The van der Waals surface area contributed by atoms with E-state index in [4.69, 9.17) is 0 Å². The first kappa shape index (κ1) is 22.8. The molecule has 35 heavy (non-hydrogen) atoms. The van der Waals surface area contributed by atoms with Crippen LogP contribution in [0.4, 0.5) is 5.69 Å². The van der Waals surface area contributed by atoms with Crippen LogP contribution in [0, 0.1) is 12.3 Å². The van der Waals surface area contributed by atoms with Crippen LogP contribution in [0.25, 0.3) is 0 Å². The van der Waals surface area contributed by atoms with Gasteiger partial charge in [0.15, 0.2) is 5.78 Å². The zero-order chi connectivity index (χ0) is 24.3. The molecule has 2 heterocycles. The predicted molar refractivity (Wildman–Crippen MR) is 145 cm³/mol. The molecule has 1 aliphatic carbocycles. The number of Topliss-reactive ketones (excluding diaryl/α,β-unsaturated/α-hetero) is 1. The molecule has 0 saturated heterocycles. The number of anilines is 1. The summed E-state index contributed by atoms with van der Waals surface area (Å²) in [6, 6.07) is 28.1. The standard InChI is InChI=1S/C31H31BrN2O/c1-20-13-15-22(16-14-20)34-25-17-31(2,3)18-26(35)27(25)29-24-12-8-7-11-23(24)28(32)30(34)33(29)19-21-9-5-4-6-10-21/h4-16,28-30H,17-19H2,1-3H3/t28-,29+,30+/m1/s1. The fraction of sp³-hybridized carbons (Fsp3) is 0.323. The van der Waals surface area contributed by atoms with Gasteiger partial charge < -0.3 is 4.90 Å². The highest BCUT2D eigenvalue weighted by Crippen LogP contribution is 2.57. The van der Waals surface area contributed by atoms with Crippen molar-refractivity contribution in [2.45, 2.75) is 57.2 Å². The first-order valence-corrected chi connectivity index (χ1v) is 13.4. The van der Waals surface area contributed by atoms with Gasteiger partial charge in [-0.3, -0.25) is 9.69 Å². The summed E-state index contributed by atoms with van der Waals surface area (Å²) < 4.78 is 0. The summed E-state index contributed by atoms with van der Waals surface area (Å²) in [4.78, 5) is 19.1. The normalized spacial score (nSPS) is 25.3. The van der Waals surface area contributed by atoms with Gasteiger partial charge in [-0.05, 0) is 47.6 Å². The summed E-state index contributed by atoms with van der Waals surface area (Å²) in [5, 5.41) is 0. The van der Waals surface area contributed by atoms with Crippen LogP contribution in [0.15, 0.2) is 90.1 Å². The minimum atomic E-state index is -0.0594. The Balaban J connectivity index is 1.62. The Labute approximate surface area is 216 Å². The van der Waals surface area contributed by atoms with Gasteiger partial charge in [0.25, 0.3) is 0 Å². The number of alkyl halides is 1. The van der Waals surface area contributed by atoms with E-state index in [1.807, 2.05) is 0 Å². The number of hydrogen-bond acceptors (Lipinski definition) is 3. The summed E-state index contributed by atoms with van der Waals surface area (Å²) in [7, 11) is 0. The van der Waals surface area contributed by atoms with Crippen LogP contribution in [0.3, 0.4) is 0 Å². The molecular formula is C31H31BrN2O. The zero-order valence-corrected chi connectivity index (χ0v) is 22.1. The van der Waals surface area contributed by atoms with Gasteiger partial charge >= 0.3 is 0 Å². The molecule has 0 spiro atoms. The van der Waals surface area contributed by atoms with Crippen LogP contribution >= 0.6 is 15.9 Å². The molecule has 3 aliphatic rings. The van der Waals surface area contributed by atoms with Gasteiger partial charge in [0.2, 0.25) is 0 Å². The fourth-order valence-corrected chi connectivity index (χ4v) is 7.21. The third-order valence-corrected chi connectivity index (χ3v) is 8.73. The van der Waals surface area contributed by atoms with Gasteiger partial charge in [-0.25, -0.2) is 0 Å². The van der Waals surface area contributed by atoms with Crippen LogP contribution in [-0.4, -0.2) is 16.8 Å². The van der Waals surface area contributed by atoms with Crippen molar-refractivity contribution in [1.29, 1.82) is 0 Å². The smallest absolute Gasteiger partial charge is 0.163 e. The van der Waals surface area contributed by atoms with Gasteiger partial charge in [0.05, 0.1) is 10.9 Å². The van der Waals surface area contributed by atoms with Crippen molar-refractivity contribution in [3.05, 3.63) is 112 Å². The number of fused-ring (bicyclic) bond motifs is 5. The molecule has 3 nitrogen and oxygen atoms in total. The second kappa shape index (κ2) is 8.46. The van der Waals surface area contributed by atoms with E-state index in [-0.39, 0.29) is 28.2 Å². The average molecular weight is 528 g/mol. The fourth-order valence-electron chi connectivity index (χ4n) is 6.25. The van der Waals surface area contributed by atoms with E-state index < -0.39 is 0 Å². The molecule has 178 valence electrons. The Morgan fingerprint density at radius 1 is 0.886 bits per heavy atom. The molecular weight excluding hydrogens is 496 g/mol. The second-order valence-electron chi connectivity index (χ2n) is 11.0. The highest BCUT2D eigenvalue weighted by Gasteiger charge is 2.53. The molecule has 0 amide bonds. The van der Waals surface area contributed by atoms with E-state index in [0.717, 1.165) is 24.2 Å². The Kier molecular flexibility index (Phi) is 5.50. The lowest BCUT2D eigenvalue weighted by Crippen LogP contribution is -2.60. The zero-order valence-electron chi connectivity index (χ0n) is 20.5. The Bertz CT molecular complexity index is 1310. The Morgan fingerprint density at radius 3 is 2.26 bits per heavy atom. The van der Waals surface area contributed by atoms with Crippen molar-refractivity contribution in [3.8, 4) is 0 Å². The molecule has 6 rings (SSSR count). The second-order valence-corrected chi connectivity index (χ2v) is 12.0. The summed E-state index contributed by atoms with van der Waals surface area (Å²) in [5.74, 6) is 0.290. The molecule has 2 aliphatic heterocycles. The molecule has 0 fully saturated rings. The number of aryl methyl sites for hydroxylation is 1. The van der Waals surface area contributed by atoms with Gasteiger partial charge in [-0.15, -0.1) is 0 Å². The molecule has 4 heteroatoms. The van der Waals surface area contributed by atoms with Crippen molar-refractivity contribution in [2.75, 3.05) is 4.90 Å². The Morgan fingerprint density at radius 2 is 1.54 bits per heavy atom. The van der Waals surface area contributed by atoms with E-state index >= 15 is 0 Å². The molecule has 0 aromatic heterocycles. The average Bonchev–Trinajstić information content (AvgIpc) is 2.83. The maximum Gasteiger partial charge on any atom is 0.163 e. The monoisotopic (exact) mass is 526 g/mol. The maximum atomic E-state index is 13.9. The van der Waals surface area contributed by atoms with E-state index in [9.17, 15) is 4.79 Å². The predicted octanol–water partition coefficient (Wildman–Crippen LogP) is 7.48. The summed E-state index contributed by atoms with van der Waals surface area (Å²) in [6.07, 6.45) is 1.54. The van der Waals surface area contributed by atoms with Gasteiger partial charge in [0, 0.05) is 29.9 Å². The van der Waals surface area contributed by atoms with Crippen LogP contribution in [0.2, 0.25) is 0 Å². The largest absolute Gasteiger partial charge is 0.327 e. The number of rotatable bonds is 3. The lowest BCUT2D eigenvalue weighted by molar-refractivity contribution is -0.119. The third-order valence-electron chi connectivity index (χ3n) is 7.77. The highest BCUT2D eigenvalue weighted by atomic mass is 79.9. The number of carbonyl (C=O) groups excluding carboxylic acids is 1. The molecule has 0 N–H and O–H groups in total. The highest BCUT2D eigenvalue weighted by molar-refractivity contribution is 9.09. The van der Waals surface area contributed by atoms with Crippen LogP contribution in [0.1, 0.15) is 59.8 Å². The minimum absolute atomic E-state index is 0.0366. The first-order valence-electron chi connectivity index (χ1n) is 12.5. The van der Waals surface area contributed by atoms with Crippen molar-refractivity contribution in [2.24, 2.45) is 5.41 Å². The molecule has 0 unspecified atom stereocenters. The molecule has 3 atom stereocenters. The van der Waals surface area contributed by atoms with Crippen molar-refractivity contribution < 1.29 is 4.79 Å². The summed E-state index contributed by atoms with van der Waals surface area (Å²) >= 11 is 4.15. The number of allylic oxidation sites excluding steroid dienone is 1. The van der Waals surface area contributed by atoms with E-state index in [2.05, 4.69) is 125 Å². The number of ketones is 1. The SMILES string of the molecule is Cc1ccc(N2C3=C(C(=O)CC(C)(C)C3)[C@@H]3c4ccccc4[C@@H](Br)[C@H]2N3Cc2ccccc2)cc1. The van der Waals surface area contributed by atoms with Crippen LogP contribution < -0.4 is 4.90 Å². The van der Waals surface area contributed by atoms with E-state index in [1.54, 1.807) is 0 Å². The van der Waals surface area contributed by atoms with Gasteiger partial charge in [-0.1, -0.05) is 102 Å². The lowest BCUT2D eigenvalue weighted by Gasteiger charge is -2.57.